The van der Waals surface area contributed by atoms with Gasteiger partial charge in [-0.3, -0.25) is 9.79 Å². The van der Waals surface area contributed by atoms with E-state index in [9.17, 15) is 9.18 Å². The zero-order chi connectivity index (χ0) is 22.7. The third-order valence-corrected chi connectivity index (χ3v) is 5.27. The minimum absolute atomic E-state index is 0.0721. The normalized spacial score (nSPS) is 16.0. The first-order chi connectivity index (χ1) is 15.5. The number of rotatable bonds is 6. The molecule has 1 amide bonds. The Hall–Kier alpha value is -4.01. The molecule has 2 aromatic carbocycles. The molecular weight excluding hydrogens is 411 g/mol. The maximum absolute atomic E-state index is 13.2. The lowest BCUT2D eigenvalue weighted by atomic mass is 10.0. The molecule has 1 aliphatic rings. The maximum atomic E-state index is 13.2. The highest BCUT2D eigenvalue weighted by Crippen LogP contribution is 2.30. The van der Waals surface area contributed by atoms with E-state index in [4.69, 9.17) is 10.6 Å². The number of hydrogen-bond acceptors (Lipinski definition) is 6. The van der Waals surface area contributed by atoms with Crippen LogP contribution in [0.15, 0.2) is 65.1 Å². The highest BCUT2D eigenvalue weighted by atomic mass is 19.1. The number of carbonyl (C=O) groups excluding carboxylic acids is 1. The molecule has 1 aliphatic heterocycles. The number of nitrogens with two attached hydrogens (primary N) is 1. The number of ether oxygens (including phenoxy) is 1. The van der Waals surface area contributed by atoms with Gasteiger partial charge in [0.2, 0.25) is 0 Å². The summed E-state index contributed by atoms with van der Waals surface area (Å²) in [5.41, 5.74) is 3.68. The monoisotopic (exact) mass is 434 g/mol. The fourth-order valence-electron chi connectivity index (χ4n) is 3.67. The number of imidazole rings is 1. The van der Waals surface area contributed by atoms with E-state index >= 15 is 0 Å². The van der Waals surface area contributed by atoms with Crippen LogP contribution in [0, 0.1) is 12.7 Å². The summed E-state index contributed by atoms with van der Waals surface area (Å²) < 4.78 is 20.5. The Morgan fingerprint density at radius 3 is 2.72 bits per heavy atom. The van der Waals surface area contributed by atoms with Crippen LogP contribution in [-0.4, -0.2) is 34.0 Å². The molecule has 0 saturated heterocycles. The molecule has 164 valence electrons. The molecule has 2 heterocycles. The SMILES string of the molecule is COc1cc(NC(=O)C(=NN)C2=NC(c3ccc(F)cc3)CC2)ccc1-n1cnc(C)c1. The molecule has 1 atom stereocenters. The first-order valence-corrected chi connectivity index (χ1v) is 10.1. The molecule has 0 bridgehead atoms. The Balaban J connectivity index is 1.51. The van der Waals surface area contributed by atoms with Crippen molar-refractivity contribution in [3.05, 3.63) is 72.1 Å². The zero-order valence-corrected chi connectivity index (χ0v) is 17.7. The van der Waals surface area contributed by atoms with E-state index < -0.39 is 5.91 Å². The van der Waals surface area contributed by atoms with Crippen LogP contribution in [0.1, 0.15) is 30.1 Å². The molecule has 0 fully saturated rings. The predicted octanol–water partition coefficient (Wildman–Crippen LogP) is 3.56. The average molecular weight is 434 g/mol. The van der Waals surface area contributed by atoms with E-state index in [1.165, 1.54) is 12.1 Å². The van der Waals surface area contributed by atoms with Crippen LogP contribution in [0.25, 0.3) is 5.69 Å². The second-order valence-corrected chi connectivity index (χ2v) is 7.42. The van der Waals surface area contributed by atoms with E-state index in [0.29, 0.717) is 30.0 Å². The standard InChI is InChI=1S/C23H23FN6O2/c1-14-12-30(13-26-14)20-10-7-17(11-21(20)32-2)27-23(31)22(29-25)19-9-8-18(28-19)15-3-5-16(24)6-4-15/h3-7,10-13,18H,8-9,25H2,1-2H3,(H,27,31). The largest absolute Gasteiger partial charge is 0.494 e. The highest BCUT2D eigenvalue weighted by Gasteiger charge is 2.26. The van der Waals surface area contributed by atoms with Crippen molar-refractivity contribution in [2.45, 2.75) is 25.8 Å². The summed E-state index contributed by atoms with van der Waals surface area (Å²) in [6, 6.07) is 11.3. The maximum Gasteiger partial charge on any atom is 0.277 e. The number of hydrazone groups is 1. The minimum atomic E-state index is -0.459. The number of aliphatic imine (C=N–C) groups is 1. The Morgan fingerprint density at radius 1 is 1.28 bits per heavy atom. The van der Waals surface area contributed by atoms with Crippen LogP contribution in [0.5, 0.6) is 5.75 Å². The van der Waals surface area contributed by atoms with Gasteiger partial charge in [-0.1, -0.05) is 12.1 Å². The molecule has 1 unspecified atom stereocenters. The van der Waals surface area contributed by atoms with Crippen molar-refractivity contribution >= 4 is 23.0 Å². The lowest BCUT2D eigenvalue weighted by Crippen LogP contribution is -2.30. The predicted molar refractivity (Wildman–Crippen MR) is 121 cm³/mol. The number of methoxy groups -OCH3 is 1. The van der Waals surface area contributed by atoms with Crippen molar-refractivity contribution in [2.24, 2.45) is 15.9 Å². The number of benzene rings is 2. The second-order valence-electron chi connectivity index (χ2n) is 7.42. The number of anilines is 1. The molecule has 0 radical (unpaired) electrons. The minimum Gasteiger partial charge on any atom is -0.494 e. The number of nitrogens with one attached hydrogen (secondary N) is 1. The van der Waals surface area contributed by atoms with Crippen molar-refractivity contribution in [3.8, 4) is 11.4 Å². The quantitative estimate of drug-likeness (QED) is 0.351. The van der Waals surface area contributed by atoms with Crippen LogP contribution in [-0.2, 0) is 4.79 Å². The number of nitrogens with zero attached hydrogens (tertiary/aromatic N) is 4. The van der Waals surface area contributed by atoms with Crippen molar-refractivity contribution in [1.29, 1.82) is 0 Å². The number of hydrogen-bond donors (Lipinski definition) is 2. The summed E-state index contributed by atoms with van der Waals surface area (Å²) >= 11 is 0. The van der Waals surface area contributed by atoms with E-state index in [1.807, 2.05) is 23.8 Å². The number of aryl methyl sites for hydroxylation is 1. The molecule has 4 rings (SSSR count). The summed E-state index contributed by atoms with van der Waals surface area (Å²) in [7, 11) is 1.56. The summed E-state index contributed by atoms with van der Waals surface area (Å²) in [4.78, 5) is 21.7. The second kappa shape index (κ2) is 9.01. The van der Waals surface area contributed by atoms with E-state index in [0.717, 1.165) is 16.9 Å². The zero-order valence-electron chi connectivity index (χ0n) is 17.7. The smallest absolute Gasteiger partial charge is 0.277 e. The van der Waals surface area contributed by atoms with Gasteiger partial charge in [0.25, 0.3) is 5.91 Å². The van der Waals surface area contributed by atoms with Crippen LogP contribution in [0.4, 0.5) is 10.1 Å². The van der Waals surface area contributed by atoms with E-state index in [-0.39, 0.29) is 17.6 Å². The summed E-state index contributed by atoms with van der Waals surface area (Å²) in [5.74, 6) is 5.34. The van der Waals surface area contributed by atoms with Gasteiger partial charge in [0.1, 0.15) is 11.6 Å². The number of halogens is 1. The Labute approximate surface area is 184 Å². The van der Waals surface area contributed by atoms with Crippen molar-refractivity contribution in [3.63, 3.8) is 0 Å². The van der Waals surface area contributed by atoms with Gasteiger partial charge in [0.05, 0.1) is 36.6 Å². The van der Waals surface area contributed by atoms with Gasteiger partial charge < -0.3 is 20.5 Å². The van der Waals surface area contributed by atoms with Crippen LogP contribution < -0.4 is 15.9 Å². The molecule has 0 spiro atoms. The van der Waals surface area contributed by atoms with Gasteiger partial charge >= 0.3 is 0 Å². The fraction of sp³-hybridized carbons (Fsp3) is 0.217. The molecular formula is C23H23FN6O2. The number of carbonyl (C=O) groups is 1. The Bertz CT molecular complexity index is 1200. The van der Waals surface area contributed by atoms with Gasteiger partial charge in [0.15, 0.2) is 5.71 Å². The number of aromatic nitrogens is 2. The summed E-state index contributed by atoms with van der Waals surface area (Å²) in [6.45, 7) is 1.90. The Morgan fingerprint density at radius 2 is 2.06 bits per heavy atom. The molecule has 1 aromatic heterocycles. The lowest BCUT2D eigenvalue weighted by Gasteiger charge is -2.12. The third-order valence-electron chi connectivity index (χ3n) is 5.27. The first-order valence-electron chi connectivity index (χ1n) is 10.1. The van der Waals surface area contributed by atoms with Crippen molar-refractivity contribution in [1.82, 2.24) is 9.55 Å². The van der Waals surface area contributed by atoms with Crippen molar-refractivity contribution < 1.29 is 13.9 Å². The van der Waals surface area contributed by atoms with Crippen LogP contribution >= 0.6 is 0 Å². The topological polar surface area (TPSA) is 107 Å². The number of amides is 1. The average Bonchev–Trinajstić information content (AvgIpc) is 3.44. The molecule has 0 saturated carbocycles. The van der Waals surface area contributed by atoms with Gasteiger partial charge in [-0.25, -0.2) is 9.37 Å². The highest BCUT2D eigenvalue weighted by molar-refractivity contribution is 6.69. The van der Waals surface area contributed by atoms with E-state index in [1.54, 1.807) is 37.7 Å². The summed E-state index contributed by atoms with van der Waals surface area (Å²) in [6.07, 6.45) is 4.82. The molecule has 8 nitrogen and oxygen atoms in total. The van der Waals surface area contributed by atoms with Gasteiger partial charge in [-0.15, -0.1) is 0 Å². The van der Waals surface area contributed by atoms with Crippen LogP contribution in [0.2, 0.25) is 0 Å². The fourth-order valence-corrected chi connectivity index (χ4v) is 3.67. The summed E-state index contributed by atoms with van der Waals surface area (Å²) in [5, 5.41) is 6.49. The molecule has 3 N–H and O–H groups in total. The van der Waals surface area contributed by atoms with Crippen molar-refractivity contribution in [2.75, 3.05) is 12.4 Å². The molecule has 3 aromatic rings. The molecule has 0 aliphatic carbocycles. The van der Waals surface area contributed by atoms with Crippen LogP contribution in [0.3, 0.4) is 0 Å². The van der Waals surface area contributed by atoms with E-state index in [2.05, 4.69) is 20.4 Å². The molecule has 9 heteroatoms. The van der Waals surface area contributed by atoms with Gasteiger partial charge in [0, 0.05) is 18.0 Å². The first kappa shape index (κ1) is 21.2. The van der Waals surface area contributed by atoms with Gasteiger partial charge in [-0.05, 0) is 49.6 Å². The third kappa shape index (κ3) is 4.36. The molecule has 32 heavy (non-hydrogen) atoms. The Kier molecular flexibility index (Phi) is 5.98. The lowest BCUT2D eigenvalue weighted by molar-refractivity contribution is -0.110. The van der Waals surface area contributed by atoms with Gasteiger partial charge in [-0.2, -0.15) is 5.10 Å².